The van der Waals surface area contributed by atoms with Crippen molar-refractivity contribution >= 4 is 55.8 Å². The molecule has 0 radical (unpaired) electrons. The number of nitrogens with zero attached hydrogens (tertiary/aromatic N) is 6. The van der Waals surface area contributed by atoms with E-state index < -0.39 is 0 Å². The van der Waals surface area contributed by atoms with E-state index in [0.717, 1.165) is 65.2 Å². The Morgan fingerprint density at radius 3 is 2.59 bits per heavy atom. The van der Waals surface area contributed by atoms with Gasteiger partial charge in [-0.25, -0.2) is 9.97 Å². The summed E-state index contributed by atoms with van der Waals surface area (Å²) in [5.41, 5.74) is 4.09. The lowest BCUT2D eigenvalue weighted by atomic mass is 10.1. The topological polar surface area (TPSA) is 120 Å². The second kappa shape index (κ2) is 12.2. The molecule has 7 rings (SSSR count). The number of ether oxygens (including phenoxy) is 1. The van der Waals surface area contributed by atoms with Gasteiger partial charge in [-0.3, -0.25) is 19.6 Å². The monoisotopic (exact) mass is 608 g/mol. The summed E-state index contributed by atoms with van der Waals surface area (Å²) in [4.78, 5) is 42.6. The molecule has 5 aromatic rings. The fourth-order valence-corrected chi connectivity index (χ4v) is 6.87. The van der Waals surface area contributed by atoms with Gasteiger partial charge < -0.3 is 19.9 Å². The van der Waals surface area contributed by atoms with Crippen molar-refractivity contribution in [3.8, 4) is 11.4 Å². The van der Waals surface area contributed by atoms with Crippen LogP contribution in [0.25, 0.3) is 32.5 Å². The van der Waals surface area contributed by atoms with Crippen LogP contribution < -0.4 is 10.2 Å². The number of piperazine rings is 1. The third-order valence-electron chi connectivity index (χ3n) is 8.06. The third kappa shape index (κ3) is 5.66. The van der Waals surface area contributed by atoms with Crippen LogP contribution in [0.3, 0.4) is 0 Å². The number of carbonyl (C=O) groups excluding carboxylic acids is 2. The Labute approximate surface area is 258 Å². The SMILES string of the molecule is C=CC(=O)Nc1ccc(C(=O)N2CCN(Cc3cc4nc(-c5cccc6[nH]ncc56)nc(N5CCOCC5)c4s3)CC2)cc1. The lowest BCUT2D eigenvalue weighted by Gasteiger charge is -2.34. The fraction of sp³-hybridized carbons (Fsp3) is 0.281. The molecular weight excluding hydrogens is 576 g/mol. The number of benzene rings is 2. The lowest BCUT2D eigenvalue weighted by Crippen LogP contribution is -2.48. The van der Waals surface area contributed by atoms with E-state index in [1.807, 2.05) is 29.3 Å². The van der Waals surface area contributed by atoms with Gasteiger partial charge in [-0.15, -0.1) is 11.3 Å². The minimum absolute atomic E-state index is 0.00120. The summed E-state index contributed by atoms with van der Waals surface area (Å²) in [6.07, 6.45) is 3.04. The van der Waals surface area contributed by atoms with Crippen molar-refractivity contribution in [2.24, 2.45) is 0 Å². The van der Waals surface area contributed by atoms with Gasteiger partial charge in [0.15, 0.2) is 11.6 Å². The predicted octanol–water partition coefficient (Wildman–Crippen LogP) is 4.15. The number of aromatic nitrogens is 4. The minimum Gasteiger partial charge on any atom is -0.378 e. The summed E-state index contributed by atoms with van der Waals surface area (Å²) >= 11 is 1.75. The molecule has 2 aliphatic heterocycles. The van der Waals surface area contributed by atoms with Crippen molar-refractivity contribution in [1.29, 1.82) is 0 Å². The van der Waals surface area contributed by atoms with E-state index in [-0.39, 0.29) is 11.8 Å². The Balaban J connectivity index is 1.08. The fourth-order valence-electron chi connectivity index (χ4n) is 5.72. The summed E-state index contributed by atoms with van der Waals surface area (Å²) in [6, 6.07) is 15.2. The minimum atomic E-state index is -0.282. The number of aromatic amines is 1. The number of fused-ring (bicyclic) bond motifs is 2. The van der Waals surface area contributed by atoms with E-state index >= 15 is 0 Å². The molecule has 2 fully saturated rings. The van der Waals surface area contributed by atoms with Crippen LogP contribution in [0, 0.1) is 0 Å². The van der Waals surface area contributed by atoms with E-state index in [4.69, 9.17) is 14.7 Å². The molecule has 12 heteroatoms. The van der Waals surface area contributed by atoms with Gasteiger partial charge >= 0.3 is 0 Å². The van der Waals surface area contributed by atoms with Crippen molar-refractivity contribution < 1.29 is 14.3 Å². The van der Waals surface area contributed by atoms with E-state index in [1.165, 1.54) is 11.0 Å². The van der Waals surface area contributed by atoms with Gasteiger partial charge in [0.2, 0.25) is 5.91 Å². The molecule has 224 valence electrons. The van der Waals surface area contributed by atoms with E-state index in [0.29, 0.717) is 43.4 Å². The smallest absolute Gasteiger partial charge is 0.253 e. The molecular formula is C32H32N8O3S. The van der Waals surface area contributed by atoms with Gasteiger partial charge in [0, 0.05) is 72.9 Å². The highest BCUT2D eigenvalue weighted by atomic mass is 32.1. The van der Waals surface area contributed by atoms with Gasteiger partial charge in [-0.2, -0.15) is 5.10 Å². The molecule has 2 saturated heterocycles. The van der Waals surface area contributed by atoms with Crippen LogP contribution >= 0.6 is 11.3 Å². The number of morpholine rings is 1. The van der Waals surface area contributed by atoms with Crippen molar-refractivity contribution in [1.82, 2.24) is 30.0 Å². The van der Waals surface area contributed by atoms with E-state index in [9.17, 15) is 9.59 Å². The Hall–Kier alpha value is -4.65. The Morgan fingerprint density at radius 1 is 1.02 bits per heavy atom. The maximum atomic E-state index is 13.1. The van der Waals surface area contributed by atoms with Crippen LogP contribution in [0.4, 0.5) is 11.5 Å². The number of amides is 2. The van der Waals surface area contributed by atoms with E-state index in [2.05, 4.69) is 38.0 Å². The highest BCUT2D eigenvalue weighted by Gasteiger charge is 2.25. The van der Waals surface area contributed by atoms with Crippen LogP contribution in [-0.4, -0.2) is 94.3 Å². The molecule has 2 amide bonds. The van der Waals surface area contributed by atoms with Crippen LogP contribution in [-0.2, 0) is 16.1 Å². The summed E-state index contributed by atoms with van der Waals surface area (Å²) < 4.78 is 6.72. The molecule has 0 unspecified atom stereocenters. The highest BCUT2D eigenvalue weighted by Crippen LogP contribution is 2.36. The van der Waals surface area contributed by atoms with Gasteiger partial charge in [0.1, 0.15) is 0 Å². The Kier molecular flexibility index (Phi) is 7.77. The molecule has 0 bridgehead atoms. The number of hydrogen-bond acceptors (Lipinski definition) is 9. The third-order valence-corrected chi connectivity index (χ3v) is 9.17. The average Bonchev–Trinajstić information content (AvgIpc) is 3.72. The molecule has 5 heterocycles. The highest BCUT2D eigenvalue weighted by molar-refractivity contribution is 7.19. The normalized spacial score (nSPS) is 16.0. The number of anilines is 2. The number of nitrogens with one attached hydrogen (secondary N) is 2. The molecule has 0 atom stereocenters. The zero-order valence-corrected chi connectivity index (χ0v) is 25.0. The second-order valence-corrected chi connectivity index (χ2v) is 12.0. The van der Waals surface area contributed by atoms with Gasteiger partial charge in [0.05, 0.1) is 35.1 Å². The maximum absolute atomic E-state index is 13.1. The molecule has 0 saturated carbocycles. The molecule has 2 N–H and O–H groups in total. The molecule has 2 aromatic carbocycles. The summed E-state index contributed by atoms with van der Waals surface area (Å²) in [7, 11) is 0. The molecule has 2 aliphatic rings. The first kappa shape index (κ1) is 28.1. The van der Waals surface area contributed by atoms with Crippen molar-refractivity contribution in [3.05, 3.63) is 77.8 Å². The summed E-state index contributed by atoms with van der Waals surface area (Å²) in [5.74, 6) is 1.36. The van der Waals surface area contributed by atoms with Crippen LogP contribution in [0.1, 0.15) is 15.2 Å². The number of carbonyl (C=O) groups is 2. The van der Waals surface area contributed by atoms with Gasteiger partial charge in [0.25, 0.3) is 5.91 Å². The number of rotatable bonds is 7. The molecule has 0 aliphatic carbocycles. The average molecular weight is 609 g/mol. The first-order valence-corrected chi connectivity index (χ1v) is 15.5. The molecule has 11 nitrogen and oxygen atoms in total. The quantitative estimate of drug-likeness (QED) is 0.265. The van der Waals surface area contributed by atoms with Crippen molar-refractivity contribution in [2.75, 3.05) is 62.7 Å². The van der Waals surface area contributed by atoms with Gasteiger partial charge in [-0.05, 0) is 42.5 Å². The first-order valence-electron chi connectivity index (χ1n) is 14.7. The lowest BCUT2D eigenvalue weighted by molar-refractivity contribution is -0.111. The number of thiophene rings is 1. The summed E-state index contributed by atoms with van der Waals surface area (Å²) in [5, 5.41) is 11.0. The molecule has 3 aromatic heterocycles. The van der Waals surface area contributed by atoms with Crippen LogP contribution in [0.5, 0.6) is 0 Å². The summed E-state index contributed by atoms with van der Waals surface area (Å²) in [6.45, 7) is 10.0. The largest absolute Gasteiger partial charge is 0.378 e. The number of hydrogen-bond donors (Lipinski definition) is 2. The van der Waals surface area contributed by atoms with Crippen molar-refractivity contribution in [2.45, 2.75) is 6.54 Å². The molecule has 44 heavy (non-hydrogen) atoms. The second-order valence-electron chi connectivity index (χ2n) is 10.9. The zero-order chi connectivity index (χ0) is 30.0. The Morgan fingerprint density at radius 2 is 1.82 bits per heavy atom. The van der Waals surface area contributed by atoms with E-state index in [1.54, 1.807) is 35.6 Å². The number of H-pyrrole nitrogens is 1. The molecule has 0 spiro atoms. The standard InChI is InChI=1S/C32H32N8O3S/c1-2-28(41)34-22-8-6-21(7-9-22)32(42)40-12-10-38(11-13-40)20-23-18-27-29(44-23)31(39-14-16-43-17-15-39)36-30(35-27)24-4-3-5-26-25(24)19-33-37-26/h2-9,18-19H,1,10-17,20H2,(H,33,37)(H,34,41). The maximum Gasteiger partial charge on any atom is 0.253 e. The van der Waals surface area contributed by atoms with Crippen LogP contribution in [0.15, 0.2) is 67.4 Å². The first-order chi connectivity index (χ1) is 21.6. The predicted molar refractivity (Wildman–Crippen MR) is 172 cm³/mol. The zero-order valence-electron chi connectivity index (χ0n) is 24.2. The van der Waals surface area contributed by atoms with Crippen LogP contribution in [0.2, 0.25) is 0 Å². The van der Waals surface area contributed by atoms with Gasteiger partial charge in [-0.1, -0.05) is 18.7 Å². The Bertz CT molecular complexity index is 1840. The van der Waals surface area contributed by atoms with Crippen molar-refractivity contribution in [3.63, 3.8) is 0 Å².